The van der Waals surface area contributed by atoms with Crippen LogP contribution in [0.3, 0.4) is 0 Å². The Morgan fingerprint density at radius 2 is 2.26 bits per heavy atom. The molecule has 1 aromatic heterocycles. The van der Waals surface area contributed by atoms with E-state index in [1.807, 2.05) is 4.90 Å². The van der Waals surface area contributed by atoms with E-state index in [4.69, 9.17) is 27.9 Å². The van der Waals surface area contributed by atoms with E-state index in [1.54, 1.807) is 26.4 Å². The van der Waals surface area contributed by atoms with Crippen molar-refractivity contribution in [1.82, 2.24) is 9.88 Å². The Morgan fingerprint density at radius 3 is 2.89 bits per heavy atom. The minimum atomic E-state index is -0.489. The maximum absolute atomic E-state index is 11.9. The molecule has 2 rings (SSSR count). The molecule has 1 amide bonds. The van der Waals surface area contributed by atoms with Crippen LogP contribution in [0.4, 0.5) is 5.82 Å². The average Bonchev–Trinajstić information content (AvgIpc) is 2.38. The lowest BCUT2D eigenvalue weighted by atomic mass is 10.2. The number of likely N-dealkylation sites (N-methyl/N-ethyl adjacent to an activating group) is 1. The van der Waals surface area contributed by atoms with Crippen LogP contribution in [0.5, 0.6) is 0 Å². The quantitative estimate of drug-likeness (QED) is 0.834. The third-order valence-corrected chi connectivity index (χ3v) is 3.36. The molecule has 1 fully saturated rings. The maximum Gasteiger partial charge on any atom is 0.253 e. The summed E-state index contributed by atoms with van der Waals surface area (Å²) in [4.78, 5) is 19.6. The number of halogens is 2. The van der Waals surface area contributed by atoms with E-state index in [-0.39, 0.29) is 5.91 Å². The first kappa shape index (κ1) is 14.4. The Kier molecular flexibility index (Phi) is 4.50. The maximum atomic E-state index is 11.9. The normalized spacial score (nSPS) is 19.4. The van der Waals surface area contributed by atoms with Crippen LogP contribution in [-0.4, -0.2) is 55.7 Å². The molecule has 0 N–H and O–H groups in total. The van der Waals surface area contributed by atoms with Crippen molar-refractivity contribution in [2.45, 2.75) is 6.10 Å². The van der Waals surface area contributed by atoms with Gasteiger partial charge in [-0.05, 0) is 6.07 Å². The number of anilines is 1. The number of morpholine rings is 1. The monoisotopic (exact) mass is 303 g/mol. The lowest BCUT2D eigenvalue weighted by molar-refractivity contribution is -0.141. The minimum absolute atomic E-state index is 0.0604. The molecule has 1 aliphatic rings. The third kappa shape index (κ3) is 3.29. The fourth-order valence-corrected chi connectivity index (χ4v) is 2.42. The second-order valence-corrected chi connectivity index (χ2v) is 5.34. The lowest BCUT2D eigenvalue weighted by Gasteiger charge is -2.34. The number of hydrogen-bond acceptors (Lipinski definition) is 4. The Hall–Kier alpha value is -1.04. The van der Waals surface area contributed by atoms with Gasteiger partial charge in [0.05, 0.1) is 23.2 Å². The van der Waals surface area contributed by atoms with Gasteiger partial charge in [-0.1, -0.05) is 23.2 Å². The molecule has 1 unspecified atom stereocenters. The van der Waals surface area contributed by atoms with Gasteiger partial charge in [0, 0.05) is 26.8 Å². The highest BCUT2D eigenvalue weighted by Crippen LogP contribution is 2.27. The van der Waals surface area contributed by atoms with Gasteiger partial charge in [0.2, 0.25) is 0 Å². The largest absolute Gasteiger partial charge is 0.365 e. The molecule has 7 heteroatoms. The second kappa shape index (κ2) is 5.94. The molecule has 1 aliphatic heterocycles. The fourth-order valence-electron chi connectivity index (χ4n) is 1.92. The van der Waals surface area contributed by atoms with E-state index in [9.17, 15) is 4.79 Å². The first-order valence-corrected chi connectivity index (χ1v) is 6.63. The van der Waals surface area contributed by atoms with Crippen molar-refractivity contribution < 1.29 is 9.53 Å². The molecule has 0 bridgehead atoms. The molecule has 104 valence electrons. The van der Waals surface area contributed by atoms with Crippen molar-refractivity contribution in [1.29, 1.82) is 0 Å². The Labute approximate surface area is 122 Å². The summed E-state index contributed by atoms with van der Waals surface area (Å²) in [5, 5.41) is 0.966. The zero-order chi connectivity index (χ0) is 14.0. The van der Waals surface area contributed by atoms with Gasteiger partial charge >= 0.3 is 0 Å². The predicted molar refractivity (Wildman–Crippen MR) is 74.9 cm³/mol. The fraction of sp³-hybridized carbons (Fsp3) is 0.500. The molecule has 19 heavy (non-hydrogen) atoms. The van der Waals surface area contributed by atoms with Crippen LogP contribution in [0, 0.1) is 0 Å². The highest BCUT2D eigenvalue weighted by molar-refractivity contribution is 6.36. The van der Waals surface area contributed by atoms with E-state index in [1.165, 1.54) is 4.90 Å². The summed E-state index contributed by atoms with van der Waals surface area (Å²) in [6, 6.07) is 1.64. The highest BCUT2D eigenvalue weighted by Gasteiger charge is 2.29. The molecule has 0 aliphatic carbocycles. The van der Waals surface area contributed by atoms with E-state index in [0.29, 0.717) is 35.6 Å². The summed E-state index contributed by atoms with van der Waals surface area (Å²) in [7, 11) is 3.41. The van der Waals surface area contributed by atoms with Crippen LogP contribution in [0.25, 0.3) is 0 Å². The first-order valence-electron chi connectivity index (χ1n) is 5.88. The Morgan fingerprint density at radius 1 is 1.53 bits per heavy atom. The smallest absolute Gasteiger partial charge is 0.253 e. The van der Waals surface area contributed by atoms with Gasteiger partial charge in [0.25, 0.3) is 5.91 Å². The van der Waals surface area contributed by atoms with Crippen LogP contribution in [0.2, 0.25) is 10.0 Å². The SMILES string of the molecule is CN(C)C(=O)C1CN(c2ncc(Cl)cc2Cl)CCO1. The predicted octanol–water partition coefficient (Wildman–Crippen LogP) is 1.68. The summed E-state index contributed by atoms with van der Waals surface area (Å²) >= 11 is 12.0. The summed E-state index contributed by atoms with van der Waals surface area (Å²) in [6.45, 7) is 1.54. The summed E-state index contributed by atoms with van der Waals surface area (Å²) in [5.41, 5.74) is 0. The van der Waals surface area contributed by atoms with E-state index >= 15 is 0 Å². The zero-order valence-electron chi connectivity index (χ0n) is 10.8. The number of carbonyl (C=O) groups excluding carboxylic acids is 1. The topological polar surface area (TPSA) is 45.7 Å². The number of hydrogen-bond donors (Lipinski definition) is 0. The number of pyridine rings is 1. The van der Waals surface area contributed by atoms with Gasteiger partial charge in [-0.25, -0.2) is 4.98 Å². The Balaban J connectivity index is 2.15. The zero-order valence-corrected chi connectivity index (χ0v) is 12.3. The van der Waals surface area contributed by atoms with E-state index < -0.39 is 6.10 Å². The number of nitrogens with zero attached hydrogens (tertiary/aromatic N) is 3. The van der Waals surface area contributed by atoms with E-state index in [0.717, 1.165) is 0 Å². The molecule has 0 aromatic carbocycles. The molecule has 1 aromatic rings. The van der Waals surface area contributed by atoms with E-state index in [2.05, 4.69) is 4.98 Å². The average molecular weight is 304 g/mol. The van der Waals surface area contributed by atoms with Crippen LogP contribution < -0.4 is 4.90 Å². The van der Waals surface area contributed by atoms with Crippen LogP contribution in [0.1, 0.15) is 0 Å². The molecular weight excluding hydrogens is 289 g/mol. The lowest BCUT2D eigenvalue weighted by Crippen LogP contribution is -2.49. The van der Waals surface area contributed by atoms with Gasteiger partial charge < -0.3 is 14.5 Å². The molecular formula is C12H15Cl2N3O2. The number of aromatic nitrogens is 1. The van der Waals surface area contributed by atoms with Gasteiger partial charge in [0.1, 0.15) is 5.82 Å². The van der Waals surface area contributed by atoms with Crippen LogP contribution in [-0.2, 0) is 9.53 Å². The molecule has 2 heterocycles. The third-order valence-electron chi connectivity index (χ3n) is 2.87. The molecule has 1 saturated heterocycles. The highest BCUT2D eigenvalue weighted by atomic mass is 35.5. The minimum Gasteiger partial charge on any atom is -0.365 e. The van der Waals surface area contributed by atoms with Crippen molar-refractivity contribution in [2.24, 2.45) is 0 Å². The van der Waals surface area contributed by atoms with Gasteiger partial charge in [0.15, 0.2) is 6.10 Å². The Bertz CT molecular complexity index is 482. The summed E-state index contributed by atoms with van der Waals surface area (Å²) in [6.07, 6.45) is 1.05. The van der Waals surface area contributed by atoms with Gasteiger partial charge in [-0.15, -0.1) is 0 Å². The van der Waals surface area contributed by atoms with Gasteiger partial charge in [-0.2, -0.15) is 0 Å². The molecule has 0 saturated carbocycles. The molecule has 0 spiro atoms. The van der Waals surface area contributed by atoms with Crippen molar-refractivity contribution in [3.63, 3.8) is 0 Å². The standard InChI is InChI=1S/C12H15Cl2N3O2/c1-16(2)12(18)10-7-17(3-4-19-10)11-9(14)5-8(13)6-15-11/h5-6,10H,3-4,7H2,1-2H3. The van der Waals surface area contributed by atoms with Crippen molar-refractivity contribution in [3.8, 4) is 0 Å². The summed E-state index contributed by atoms with van der Waals surface area (Å²) < 4.78 is 5.49. The number of ether oxygens (including phenoxy) is 1. The van der Waals surface area contributed by atoms with Crippen LogP contribution in [0.15, 0.2) is 12.3 Å². The summed E-state index contributed by atoms with van der Waals surface area (Å²) in [5.74, 6) is 0.570. The van der Waals surface area contributed by atoms with Crippen molar-refractivity contribution in [2.75, 3.05) is 38.7 Å². The molecule has 5 nitrogen and oxygen atoms in total. The van der Waals surface area contributed by atoms with Crippen LogP contribution >= 0.6 is 23.2 Å². The molecule has 0 radical (unpaired) electrons. The molecule has 1 atom stereocenters. The van der Waals surface area contributed by atoms with Crippen molar-refractivity contribution >= 4 is 34.9 Å². The number of rotatable bonds is 2. The number of carbonyl (C=O) groups is 1. The van der Waals surface area contributed by atoms with Crippen molar-refractivity contribution in [3.05, 3.63) is 22.3 Å². The first-order chi connectivity index (χ1) is 8.99. The second-order valence-electron chi connectivity index (χ2n) is 4.50. The number of amides is 1. The van der Waals surface area contributed by atoms with Gasteiger partial charge in [-0.3, -0.25) is 4.79 Å².